The van der Waals surface area contributed by atoms with Crippen LogP contribution in [0, 0.1) is 51.2 Å². The number of hydrogen-bond acceptors (Lipinski definition) is 2. The average molecular weight is 1380 g/mol. The van der Waals surface area contributed by atoms with Crippen molar-refractivity contribution in [3.05, 3.63) is 99.3 Å². The van der Waals surface area contributed by atoms with E-state index in [2.05, 4.69) is 229 Å². The van der Waals surface area contributed by atoms with E-state index in [0.29, 0.717) is 11.1 Å². The molecule has 0 amide bonds. The molecule has 0 aliphatic carbocycles. The lowest BCUT2D eigenvalue weighted by atomic mass is 9.98. The van der Waals surface area contributed by atoms with E-state index in [4.69, 9.17) is 0 Å². The molecule has 0 aromatic heterocycles. The van der Waals surface area contributed by atoms with E-state index in [-0.39, 0.29) is 0 Å². The van der Waals surface area contributed by atoms with Gasteiger partial charge in [-0.2, -0.15) is 10.5 Å². The van der Waals surface area contributed by atoms with E-state index in [1.165, 1.54) is 47.7 Å². The molecule has 0 bridgehead atoms. The Morgan fingerprint density at radius 2 is 0.811 bits per heavy atom. The summed E-state index contributed by atoms with van der Waals surface area (Å²) in [6.45, 7) is 0. The Hall–Kier alpha value is 1.70. The van der Waals surface area contributed by atoms with Gasteiger partial charge < -0.3 is 0 Å². The first-order valence-electron chi connectivity index (χ1n) is 10.3. The fourth-order valence-corrected chi connectivity index (χ4v) is 11.5. The van der Waals surface area contributed by atoms with Gasteiger partial charge in [0.25, 0.3) is 0 Å². The molecule has 0 saturated heterocycles. The highest BCUT2D eigenvalue weighted by molar-refractivity contribution is 14.1. The molecule has 0 spiro atoms. The number of rotatable bonds is 4. The summed E-state index contributed by atoms with van der Waals surface area (Å²) in [6.07, 6.45) is 0.850. The Labute approximate surface area is 325 Å². The van der Waals surface area contributed by atoms with Crippen molar-refractivity contribution in [1.82, 2.24) is 0 Å². The molecular weight excluding hydrogens is 1370 g/mol. The van der Waals surface area contributed by atoms with Gasteiger partial charge in [-0.25, -0.2) is 0 Å². The van der Waals surface area contributed by atoms with E-state index in [9.17, 15) is 10.5 Å². The third kappa shape index (κ3) is 6.86. The Morgan fingerprint density at radius 1 is 0.486 bits per heavy atom. The second kappa shape index (κ2) is 13.8. The van der Waals surface area contributed by atoms with Crippen LogP contribution in [0.1, 0.15) is 22.3 Å². The van der Waals surface area contributed by atoms with Crippen LogP contribution < -0.4 is 0 Å². The van der Waals surface area contributed by atoms with Crippen LogP contribution in [0.2, 0.25) is 0 Å². The van der Waals surface area contributed by atoms with Crippen molar-refractivity contribution in [3.8, 4) is 34.4 Å². The van der Waals surface area contributed by atoms with E-state index in [1.54, 1.807) is 0 Å². The Balaban J connectivity index is 1.70. The Kier molecular flexibility index (Phi) is 11.8. The highest BCUT2D eigenvalue weighted by Gasteiger charge is 2.19. The van der Waals surface area contributed by atoms with Crippen LogP contribution in [0.4, 0.5) is 0 Å². The molecule has 0 heterocycles. The second-order valence-electron chi connectivity index (χ2n) is 7.85. The monoisotopic (exact) mass is 1380 g/mol. The van der Waals surface area contributed by atoms with Crippen molar-refractivity contribution in [2.45, 2.75) is 6.42 Å². The van der Waals surface area contributed by atoms with Crippen LogP contribution >= 0.6 is 181 Å². The maximum absolute atomic E-state index is 9.38. The summed E-state index contributed by atoms with van der Waals surface area (Å²) in [5.74, 6) is 0. The zero-order valence-electron chi connectivity index (χ0n) is 18.2. The van der Waals surface area contributed by atoms with Gasteiger partial charge in [0.2, 0.25) is 0 Å². The predicted molar refractivity (Wildman–Crippen MR) is 218 cm³/mol. The van der Waals surface area contributed by atoms with E-state index in [1.807, 2.05) is 12.1 Å². The van der Waals surface area contributed by atoms with E-state index in [0.717, 1.165) is 20.7 Å². The first-order valence-corrected chi connectivity index (χ1v) is 18.9. The molecule has 0 aliphatic heterocycles. The van der Waals surface area contributed by atoms with Crippen LogP contribution in [-0.2, 0) is 6.42 Å². The minimum absolute atomic E-state index is 0.716. The number of nitriles is 2. The van der Waals surface area contributed by atoms with E-state index >= 15 is 0 Å². The van der Waals surface area contributed by atoms with Gasteiger partial charge in [-0.15, -0.1) is 0 Å². The Bertz CT molecular complexity index is 1500. The highest BCUT2D eigenvalue weighted by Crippen LogP contribution is 2.39. The van der Waals surface area contributed by atoms with Crippen molar-refractivity contribution in [1.29, 1.82) is 10.5 Å². The average Bonchev–Trinajstić information content (AvgIpc) is 2.84. The molecule has 4 aromatic rings. The third-order valence-electron chi connectivity index (χ3n) is 5.56. The van der Waals surface area contributed by atoms with Crippen molar-refractivity contribution >= 4 is 181 Å². The molecule has 2 nitrogen and oxygen atoms in total. The van der Waals surface area contributed by atoms with Gasteiger partial charge in [0, 0.05) is 39.7 Å². The largest absolute Gasteiger partial charge is 0.192 e. The summed E-state index contributed by atoms with van der Waals surface area (Å²) < 4.78 is 9.08. The topological polar surface area (TPSA) is 47.6 Å². The van der Waals surface area contributed by atoms with Gasteiger partial charge in [0.1, 0.15) is 12.1 Å². The molecule has 0 radical (unpaired) electrons. The predicted octanol–water partition coefficient (Wildman–Crippen LogP) is 11.2. The summed E-state index contributed by atoms with van der Waals surface area (Å²) >= 11 is 19.0. The lowest BCUT2D eigenvalue weighted by molar-refractivity contribution is 1.17. The number of nitrogens with zero attached hydrogens (tertiary/aromatic N) is 2. The van der Waals surface area contributed by atoms with Gasteiger partial charge in [0.15, 0.2) is 0 Å². The first-order chi connectivity index (χ1) is 17.6. The normalized spacial score (nSPS) is 10.8. The van der Waals surface area contributed by atoms with Crippen molar-refractivity contribution in [2.24, 2.45) is 0 Å². The van der Waals surface area contributed by atoms with Gasteiger partial charge in [-0.3, -0.25) is 0 Å². The molecule has 0 atom stereocenters. The summed E-state index contributed by atoms with van der Waals surface area (Å²) in [7, 11) is 0. The fraction of sp³-hybridized carbons (Fsp3) is 0.0370. The second-order valence-corrected chi connectivity index (χ2v) is 16.8. The smallest absolute Gasteiger partial charge is 0.100 e. The van der Waals surface area contributed by atoms with Crippen LogP contribution in [0.3, 0.4) is 0 Å². The molecule has 0 aliphatic rings. The van der Waals surface area contributed by atoms with Crippen molar-refractivity contribution in [2.75, 3.05) is 0 Å². The molecular formula is C27H10I8N2. The van der Waals surface area contributed by atoms with Crippen molar-refractivity contribution in [3.63, 3.8) is 0 Å². The molecule has 10 heteroatoms. The van der Waals surface area contributed by atoms with E-state index < -0.39 is 0 Å². The molecule has 4 rings (SSSR count). The quantitative estimate of drug-likeness (QED) is 0.191. The molecule has 0 saturated carbocycles. The number of benzene rings is 4. The van der Waals surface area contributed by atoms with Crippen LogP contribution in [0.15, 0.2) is 48.5 Å². The number of hydrogen-bond donors (Lipinski definition) is 0. The lowest BCUT2D eigenvalue weighted by Gasteiger charge is -2.16. The molecule has 4 aromatic carbocycles. The zero-order chi connectivity index (χ0) is 27.0. The van der Waals surface area contributed by atoms with Crippen LogP contribution in [0.25, 0.3) is 22.3 Å². The Morgan fingerprint density at radius 3 is 1.11 bits per heavy atom. The van der Waals surface area contributed by atoms with Gasteiger partial charge in [-0.05, 0) is 246 Å². The minimum atomic E-state index is 0.716. The SMILES string of the molecule is N#Cc1ccc(-c2c(I)cc(Cc3cc(I)c(-c4ccc(C#N)c(I)c4I)c(I)c3)cc2I)c(I)c1I. The molecule has 0 N–H and O–H groups in total. The lowest BCUT2D eigenvalue weighted by Crippen LogP contribution is -2.00. The maximum atomic E-state index is 9.38. The summed E-state index contributed by atoms with van der Waals surface area (Å²) in [6, 6.07) is 21.6. The molecule has 184 valence electrons. The zero-order valence-corrected chi connectivity index (χ0v) is 35.5. The van der Waals surface area contributed by atoms with Gasteiger partial charge >= 0.3 is 0 Å². The summed E-state index contributed by atoms with van der Waals surface area (Å²) in [4.78, 5) is 0. The standard InChI is InChI=1S/C27H10I8N2/c28-18-6-12(7-19(29)22(18)16-3-1-14(10-36)24(32)26(16)34)5-13-8-20(30)23(21(31)9-13)17-4-2-15(11-37)25(33)27(17)35/h1-4,6-9H,5H2. The molecule has 0 fully saturated rings. The van der Waals surface area contributed by atoms with Gasteiger partial charge in [0.05, 0.1) is 11.1 Å². The highest BCUT2D eigenvalue weighted by atomic mass is 127. The first kappa shape index (κ1) is 31.6. The van der Waals surface area contributed by atoms with Crippen molar-refractivity contribution < 1.29 is 0 Å². The maximum Gasteiger partial charge on any atom is 0.100 e. The fourth-order valence-electron chi connectivity index (χ4n) is 3.86. The molecule has 0 unspecified atom stereocenters. The third-order valence-corrected chi connectivity index (χ3v) is 15.5. The van der Waals surface area contributed by atoms with Crippen LogP contribution in [0.5, 0.6) is 0 Å². The summed E-state index contributed by atoms with van der Waals surface area (Å²) in [5.41, 5.74) is 8.77. The summed E-state index contributed by atoms with van der Waals surface area (Å²) in [5, 5.41) is 18.8. The van der Waals surface area contributed by atoms with Crippen LogP contribution in [-0.4, -0.2) is 0 Å². The minimum Gasteiger partial charge on any atom is -0.192 e. The molecule has 37 heavy (non-hydrogen) atoms. The number of halogens is 8. The van der Waals surface area contributed by atoms with Gasteiger partial charge in [-0.1, -0.05) is 12.1 Å².